The second kappa shape index (κ2) is 4.97. The average molecular weight is 218 g/mol. The lowest BCUT2D eigenvalue weighted by Crippen LogP contribution is -2.38. The molecular formula is C12H14N2O2. The molecule has 0 saturated carbocycles. The third-order valence-electron chi connectivity index (χ3n) is 2.71. The first kappa shape index (κ1) is 10.9. The molecule has 0 bridgehead atoms. The number of ether oxygens (including phenoxy) is 1. The van der Waals surface area contributed by atoms with E-state index in [1.54, 1.807) is 12.1 Å². The second-order valence-corrected chi connectivity index (χ2v) is 3.84. The highest BCUT2D eigenvalue weighted by atomic mass is 16.5. The van der Waals surface area contributed by atoms with Gasteiger partial charge in [-0.25, -0.2) is 0 Å². The molecule has 4 nitrogen and oxygen atoms in total. The summed E-state index contributed by atoms with van der Waals surface area (Å²) in [4.78, 5) is 2.07. The Kier molecular flexibility index (Phi) is 3.40. The number of benzene rings is 1. The molecule has 1 aromatic carbocycles. The fraction of sp³-hybridized carbons (Fsp3) is 0.417. The van der Waals surface area contributed by atoms with Crippen LogP contribution in [0.25, 0.3) is 0 Å². The van der Waals surface area contributed by atoms with Gasteiger partial charge in [-0.3, -0.25) is 4.90 Å². The average Bonchev–Trinajstić information content (AvgIpc) is 2.31. The maximum atomic E-state index is 9.20. The van der Waals surface area contributed by atoms with Crippen LogP contribution in [-0.2, 0) is 4.74 Å². The van der Waals surface area contributed by atoms with E-state index in [9.17, 15) is 5.11 Å². The van der Waals surface area contributed by atoms with Gasteiger partial charge < -0.3 is 9.84 Å². The summed E-state index contributed by atoms with van der Waals surface area (Å²) in [5, 5.41) is 17.8. The summed E-state index contributed by atoms with van der Waals surface area (Å²) < 4.78 is 5.65. The highest BCUT2D eigenvalue weighted by Gasteiger charge is 2.21. The maximum Gasteiger partial charge on any atom is 0.115 e. The number of hydrogen-bond acceptors (Lipinski definition) is 4. The van der Waals surface area contributed by atoms with Crippen LogP contribution in [0.2, 0.25) is 0 Å². The van der Waals surface area contributed by atoms with Gasteiger partial charge in [-0.05, 0) is 17.7 Å². The van der Waals surface area contributed by atoms with Crippen molar-refractivity contribution in [2.45, 2.75) is 6.10 Å². The van der Waals surface area contributed by atoms with E-state index < -0.39 is 0 Å². The van der Waals surface area contributed by atoms with Crippen LogP contribution < -0.4 is 0 Å². The van der Waals surface area contributed by atoms with Gasteiger partial charge in [-0.2, -0.15) is 5.26 Å². The van der Waals surface area contributed by atoms with Crippen molar-refractivity contribution in [1.29, 1.82) is 5.26 Å². The zero-order chi connectivity index (χ0) is 11.4. The maximum absolute atomic E-state index is 9.20. The largest absolute Gasteiger partial charge is 0.508 e. The summed E-state index contributed by atoms with van der Waals surface area (Å²) in [6.07, 6.45) is 0.00250. The molecule has 0 radical (unpaired) electrons. The van der Waals surface area contributed by atoms with Crippen molar-refractivity contribution in [1.82, 2.24) is 4.90 Å². The minimum atomic E-state index is 0.00250. The van der Waals surface area contributed by atoms with E-state index in [0.29, 0.717) is 13.2 Å². The molecule has 1 unspecified atom stereocenters. The molecule has 4 heteroatoms. The molecule has 1 atom stereocenters. The monoisotopic (exact) mass is 218 g/mol. The summed E-state index contributed by atoms with van der Waals surface area (Å²) in [7, 11) is 0. The van der Waals surface area contributed by atoms with E-state index >= 15 is 0 Å². The lowest BCUT2D eigenvalue weighted by Gasteiger charge is -2.31. The molecule has 2 rings (SSSR count). The second-order valence-electron chi connectivity index (χ2n) is 3.84. The van der Waals surface area contributed by atoms with Gasteiger partial charge in [0.2, 0.25) is 0 Å². The quantitative estimate of drug-likeness (QED) is 0.760. The Morgan fingerprint density at radius 3 is 2.88 bits per heavy atom. The van der Waals surface area contributed by atoms with E-state index in [2.05, 4.69) is 11.0 Å². The number of phenolic OH excluding ortho intramolecular Hbond substituents is 1. The number of nitriles is 1. The van der Waals surface area contributed by atoms with E-state index in [4.69, 9.17) is 10.00 Å². The Morgan fingerprint density at radius 2 is 2.19 bits per heavy atom. The molecule has 0 aromatic heterocycles. The fourth-order valence-corrected chi connectivity index (χ4v) is 1.84. The van der Waals surface area contributed by atoms with Gasteiger partial charge in [0.05, 0.1) is 25.3 Å². The standard InChI is InChI=1S/C12H14N2O2/c13-5-6-14-7-8-16-12(9-14)10-1-3-11(15)4-2-10/h1-4,12,15H,6-9H2. The summed E-state index contributed by atoms with van der Waals surface area (Å²) in [6, 6.07) is 9.17. The Bertz CT molecular complexity index is 383. The molecule has 1 heterocycles. The number of hydrogen-bond donors (Lipinski definition) is 1. The summed E-state index contributed by atoms with van der Waals surface area (Å²) >= 11 is 0. The highest BCUT2D eigenvalue weighted by molar-refractivity contribution is 5.27. The Labute approximate surface area is 94.7 Å². The molecule has 1 aliphatic heterocycles. The zero-order valence-corrected chi connectivity index (χ0v) is 8.97. The van der Waals surface area contributed by atoms with Crippen molar-refractivity contribution >= 4 is 0 Å². The minimum absolute atomic E-state index is 0.00250. The van der Waals surface area contributed by atoms with Crippen molar-refractivity contribution < 1.29 is 9.84 Å². The predicted octanol–water partition coefficient (Wildman–Crippen LogP) is 1.29. The van der Waals surface area contributed by atoms with Crippen LogP contribution in [0.4, 0.5) is 0 Å². The van der Waals surface area contributed by atoms with Crippen molar-refractivity contribution in [3.63, 3.8) is 0 Å². The van der Waals surface area contributed by atoms with Crippen LogP contribution in [0.3, 0.4) is 0 Å². The van der Waals surface area contributed by atoms with E-state index in [-0.39, 0.29) is 11.9 Å². The van der Waals surface area contributed by atoms with Crippen LogP contribution in [0, 0.1) is 11.3 Å². The van der Waals surface area contributed by atoms with Gasteiger partial charge in [0.15, 0.2) is 0 Å². The van der Waals surface area contributed by atoms with Crippen LogP contribution in [0.15, 0.2) is 24.3 Å². The van der Waals surface area contributed by atoms with Crippen molar-refractivity contribution in [2.75, 3.05) is 26.2 Å². The molecule has 1 aliphatic rings. The number of morpholine rings is 1. The molecule has 0 spiro atoms. The van der Waals surface area contributed by atoms with Crippen LogP contribution >= 0.6 is 0 Å². The third kappa shape index (κ3) is 2.51. The minimum Gasteiger partial charge on any atom is -0.508 e. The van der Waals surface area contributed by atoms with Crippen molar-refractivity contribution in [3.8, 4) is 11.8 Å². The third-order valence-corrected chi connectivity index (χ3v) is 2.71. The molecule has 0 amide bonds. The van der Waals surface area contributed by atoms with Crippen LogP contribution in [-0.4, -0.2) is 36.2 Å². The number of rotatable bonds is 2. The topological polar surface area (TPSA) is 56.5 Å². The Hall–Kier alpha value is -1.57. The first-order chi connectivity index (χ1) is 7.79. The first-order valence-corrected chi connectivity index (χ1v) is 5.29. The zero-order valence-electron chi connectivity index (χ0n) is 8.97. The fourth-order valence-electron chi connectivity index (χ4n) is 1.84. The molecule has 1 saturated heterocycles. The van der Waals surface area contributed by atoms with Gasteiger partial charge in [-0.15, -0.1) is 0 Å². The van der Waals surface area contributed by atoms with Gasteiger partial charge >= 0.3 is 0 Å². The molecule has 1 aromatic rings. The van der Waals surface area contributed by atoms with Crippen LogP contribution in [0.1, 0.15) is 11.7 Å². The van der Waals surface area contributed by atoms with Gasteiger partial charge in [0, 0.05) is 13.1 Å². The number of aromatic hydroxyl groups is 1. The molecule has 1 N–H and O–H groups in total. The normalized spacial score (nSPS) is 21.6. The number of nitrogens with zero attached hydrogens (tertiary/aromatic N) is 2. The van der Waals surface area contributed by atoms with Crippen molar-refractivity contribution in [2.24, 2.45) is 0 Å². The van der Waals surface area contributed by atoms with E-state index in [1.165, 1.54) is 0 Å². The molecular weight excluding hydrogens is 204 g/mol. The molecule has 1 fully saturated rings. The predicted molar refractivity (Wildman–Crippen MR) is 58.9 cm³/mol. The molecule has 84 valence electrons. The Balaban J connectivity index is 2.04. The lowest BCUT2D eigenvalue weighted by atomic mass is 10.1. The summed E-state index contributed by atoms with van der Waals surface area (Å²) in [6.45, 7) is 2.63. The van der Waals surface area contributed by atoms with E-state index in [1.807, 2.05) is 12.1 Å². The molecule has 16 heavy (non-hydrogen) atoms. The molecule has 0 aliphatic carbocycles. The smallest absolute Gasteiger partial charge is 0.115 e. The lowest BCUT2D eigenvalue weighted by molar-refractivity contribution is -0.0255. The van der Waals surface area contributed by atoms with Gasteiger partial charge in [-0.1, -0.05) is 12.1 Å². The van der Waals surface area contributed by atoms with Crippen molar-refractivity contribution in [3.05, 3.63) is 29.8 Å². The SMILES string of the molecule is N#CCN1CCOC(c2ccc(O)cc2)C1. The Morgan fingerprint density at radius 1 is 1.44 bits per heavy atom. The van der Waals surface area contributed by atoms with E-state index in [0.717, 1.165) is 18.7 Å². The highest BCUT2D eigenvalue weighted by Crippen LogP contribution is 2.23. The number of phenols is 1. The van der Waals surface area contributed by atoms with Crippen LogP contribution in [0.5, 0.6) is 5.75 Å². The summed E-state index contributed by atoms with van der Waals surface area (Å²) in [5.74, 6) is 0.258. The summed E-state index contributed by atoms with van der Waals surface area (Å²) in [5.41, 5.74) is 1.04. The van der Waals surface area contributed by atoms with Gasteiger partial charge in [0.1, 0.15) is 5.75 Å². The van der Waals surface area contributed by atoms with Gasteiger partial charge in [0.25, 0.3) is 0 Å². The first-order valence-electron chi connectivity index (χ1n) is 5.29.